The lowest BCUT2D eigenvalue weighted by atomic mass is 10.1. The van der Waals surface area contributed by atoms with Crippen molar-refractivity contribution in [2.45, 2.75) is 38.3 Å². The average molecular weight is 316 g/mol. The number of nitrogens with zero attached hydrogens (tertiary/aromatic N) is 3. The monoisotopic (exact) mass is 316 g/mol. The zero-order valence-electron chi connectivity index (χ0n) is 13.4. The van der Waals surface area contributed by atoms with Gasteiger partial charge < -0.3 is 9.73 Å². The molecule has 2 aromatic heterocycles. The predicted molar refractivity (Wildman–Crippen MR) is 86.7 cm³/mol. The van der Waals surface area contributed by atoms with E-state index in [4.69, 9.17) is 4.42 Å². The summed E-state index contributed by atoms with van der Waals surface area (Å²) in [6.07, 6.45) is 9.44. The van der Waals surface area contributed by atoms with Crippen LogP contribution >= 0.6 is 0 Å². The number of carbonyl (C=O) groups is 1. The molecule has 1 amide bonds. The summed E-state index contributed by atoms with van der Waals surface area (Å²) in [5.74, 6) is 0.980. The molecule has 0 saturated carbocycles. The SMILES string of the molecule is O=C(CCn1cccn1)NC[C@@H](c1ccco1)N1CCCCC1. The van der Waals surface area contributed by atoms with Crippen molar-refractivity contribution < 1.29 is 9.21 Å². The molecule has 3 rings (SSSR count). The van der Waals surface area contributed by atoms with Gasteiger partial charge in [0.1, 0.15) is 5.76 Å². The van der Waals surface area contributed by atoms with Gasteiger partial charge in [-0.3, -0.25) is 14.4 Å². The summed E-state index contributed by atoms with van der Waals surface area (Å²) >= 11 is 0. The number of likely N-dealkylation sites (tertiary alicyclic amines) is 1. The number of hydrogen-bond donors (Lipinski definition) is 1. The Kier molecular flexibility index (Phi) is 5.47. The van der Waals surface area contributed by atoms with E-state index in [1.54, 1.807) is 17.1 Å². The number of piperidine rings is 1. The Morgan fingerprint density at radius 3 is 2.87 bits per heavy atom. The Morgan fingerprint density at radius 2 is 2.17 bits per heavy atom. The number of aromatic nitrogens is 2. The minimum absolute atomic E-state index is 0.0501. The van der Waals surface area contributed by atoms with Crippen LogP contribution in [0, 0.1) is 0 Å². The van der Waals surface area contributed by atoms with Gasteiger partial charge >= 0.3 is 0 Å². The van der Waals surface area contributed by atoms with E-state index in [-0.39, 0.29) is 11.9 Å². The van der Waals surface area contributed by atoms with Gasteiger partial charge in [-0.2, -0.15) is 5.10 Å². The molecule has 0 bridgehead atoms. The first-order valence-electron chi connectivity index (χ1n) is 8.34. The van der Waals surface area contributed by atoms with Crippen LogP contribution in [0.2, 0.25) is 0 Å². The Bertz CT molecular complexity index is 574. The smallest absolute Gasteiger partial charge is 0.221 e. The quantitative estimate of drug-likeness (QED) is 0.850. The molecule has 6 heteroatoms. The molecule has 1 atom stereocenters. The Balaban J connectivity index is 1.52. The number of furan rings is 1. The van der Waals surface area contributed by atoms with Gasteiger partial charge in [0.15, 0.2) is 0 Å². The molecule has 1 aliphatic rings. The van der Waals surface area contributed by atoms with Crippen LogP contribution in [0.5, 0.6) is 0 Å². The second-order valence-electron chi connectivity index (χ2n) is 5.95. The summed E-state index contributed by atoms with van der Waals surface area (Å²) in [5.41, 5.74) is 0. The van der Waals surface area contributed by atoms with Gasteiger partial charge in [-0.15, -0.1) is 0 Å². The van der Waals surface area contributed by atoms with Crippen molar-refractivity contribution in [3.63, 3.8) is 0 Å². The maximum atomic E-state index is 12.1. The molecule has 2 aromatic rings. The summed E-state index contributed by atoms with van der Waals surface area (Å²) in [6, 6.07) is 5.89. The third-order valence-electron chi connectivity index (χ3n) is 4.32. The molecule has 1 N–H and O–H groups in total. The average Bonchev–Trinajstić information content (AvgIpc) is 3.28. The summed E-state index contributed by atoms with van der Waals surface area (Å²) in [6.45, 7) is 3.32. The fourth-order valence-electron chi connectivity index (χ4n) is 3.07. The minimum atomic E-state index is 0.0501. The molecule has 23 heavy (non-hydrogen) atoms. The van der Waals surface area contributed by atoms with E-state index in [0.717, 1.165) is 18.8 Å². The van der Waals surface area contributed by atoms with Gasteiger partial charge in [0.2, 0.25) is 5.91 Å². The van der Waals surface area contributed by atoms with Crippen LogP contribution in [-0.2, 0) is 11.3 Å². The first-order chi connectivity index (χ1) is 11.3. The highest BCUT2D eigenvalue weighted by Crippen LogP contribution is 2.24. The van der Waals surface area contributed by atoms with Gasteiger partial charge in [-0.1, -0.05) is 6.42 Å². The number of rotatable bonds is 7. The Labute approximate surface area is 136 Å². The van der Waals surface area contributed by atoms with Crippen LogP contribution in [0.15, 0.2) is 41.3 Å². The Hall–Kier alpha value is -2.08. The van der Waals surface area contributed by atoms with Crippen LogP contribution in [0.3, 0.4) is 0 Å². The molecule has 1 aliphatic heterocycles. The van der Waals surface area contributed by atoms with Crippen molar-refractivity contribution >= 4 is 5.91 Å². The number of nitrogens with one attached hydrogen (secondary N) is 1. The molecule has 0 radical (unpaired) electrons. The van der Waals surface area contributed by atoms with Gasteiger partial charge in [0.25, 0.3) is 0 Å². The summed E-state index contributed by atoms with van der Waals surface area (Å²) < 4.78 is 7.37. The number of carbonyl (C=O) groups excluding carboxylic acids is 1. The van der Waals surface area contributed by atoms with Gasteiger partial charge in [0, 0.05) is 31.9 Å². The highest BCUT2D eigenvalue weighted by Gasteiger charge is 2.24. The third kappa shape index (κ3) is 4.45. The van der Waals surface area contributed by atoms with Crippen LogP contribution in [0.25, 0.3) is 0 Å². The molecule has 3 heterocycles. The van der Waals surface area contributed by atoms with Crippen LogP contribution < -0.4 is 5.32 Å². The van der Waals surface area contributed by atoms with Gasteiger partial charge in [-0.25, -0.2) is 0 Å². The lowest BCUT2D eigenvalue weighted by molar-refractivity contribution is -0.121. The highest BCUT2D eigenvalue weighted by atomic mass is 16.3. The molecule has 0 unspecified atom stereocenters. The molecule has 0 spiro atoms. The van der Waals surface area contributed by atoms with E-state index in [9.17, 15) is 4.79 Å². The molecule has 1 saturated heterocycles. The van der Waals surface area contributed by atoms with Crippen molar-refractivity contribution in [1.82, 2.24) is 20.0 Å². The van der Waals surface area contributed by atoms with E-state index in [0.29, 0.717) is 19.5 Å². The zero-order chi connectivity index (χ0) is 15.9. The van der Waals surface area contributed by atoms with Crippen molar-refractivity contribution in [3.8, 4) is 0 Å². The van der Waals surface area contributed by atoms with Crippen molar-refractivity contribution in [3.05, 3.63) is 42.6 Å². The van der Waals surface area contributed by atoms with Crippen LogP contribution in [-0.4, -0.2) is 40.2 Å². The summed E-state index contributed by atoms with van der Waals surface area (Å²) in [7, 11) is 0. The predicted octanol–water partition coefficient (Wildman–Crippen LogP) is 2.21. The van der Waals surface area contributed by atoms with E-state index in [2.05, 4.69) is 15.3 Å². The number of aryl methyl sites for hydroxylation is 1. The second-order valence-corrected chi connectivity index (χ2v) is 5.95. The molecule has 124 valence electrons. The third-order valence-corrected chi connectivity index (χ3v) is 4.32. The van der Waals surface area contributed by atoms with Crippen LogP contribution in [0.1, 0.15) is 37.5 Å². The van der Waals surface area contributed by atoms with Crippen molar-refractivity contribution in [2.24, 2.45) is 0 Å². The van der Waals surface area contributed by atoms with Crippen molar-refractivity contribution in [1.29, 1.82) is 0 Å². The van der Waals surface area contributed by atoms with E-state index >= 15 is 0 Å². The summed E-state index contributed by atoms with van der Waals surface area (Å²) in [5, 5.41) is 7.16. The normalized spacial score (nSPS) is 17.0. The van der Waals surface area contributed by atoms with E-state index < -0.39 is 0 Å². The maximum absolute atomic E-state index is 12.1. The minimum Gasteiger partial charge on any atom is -0.468 e. The fraction of sp³-hybridized carbons (Fsp3) is 0.529. The maximum Gasteiger partial charge on any atom is 0.221 e. The first kappa shape index (κ1) is 15.8. The lowest BCUT2D eigenvalue weighted by Crippen LogP contribution is -2.40. The highest BCUT2D eigenvalue weighted by molar-refractivity contribution is 5.75. The standard InChI is InChI=1S/C17H24N4O2/c22-17(7-12-21-11-5-8-19-21)18-14-15(16-6-4-13-23-16)20-9-2-1-3-10-20/h4-6,8,11,13,15H,1-3,7,9-10,12,14H2,(H,18,22)/t15-/m0/s1. The Morgan fingerprint density at radius 1 is 1.30 bits per heavy atom. The number of hydrogen-bond acceptors (Lipinski definition) is 4. The zero-order valence-corrected chi connectivity index (χ0v) is 13.4. The molecule has 0 aliphatic carbocycles. The van der Waals surface area contributed by atoms with Crippen molar-refractivity contribution in [2.75, 3.05) is 19.6 Å². The molecular formula is C17H24N4O2. The lowest BCUT2D eigenvalue weighted by Gasteiger charge is -2.33. The second kappa shape index (κ2) is 7.97. The van der Waals surface area contributed by atoms with E-state index in [1.807, 2.05) is 24.4 Å². The summed E-state index contributed by atoms with van der Waals surface area (Å²) in [4.78, 5) is 14.5. The largest absolute Gasteiger partial charge is 0.468 e. The van der Waals surface area contributed by atoms with Gasteiger partial charge in [-0.05, 0) is 44.1 Å². The first-order valence-corrected chi connectivity index (χ1v) is 8.34. The topological polar surface area (TPSA) is 63.3 Å². The molecule has 0 aromatic carbocycles. The molecule has 6 nitrogen and oxygen atoms in total. The number of amides is 1. The van der Waals surface area contributed by atoms with Gasteiger partial charge in [0.05, 0.1) is 12.3 Å². The molecular weight excluding hydrogens is 292 g/mol. The van der Waals surface area contributed by atoms with Crippen LogP contribution in [0.4, 0.5) is 0 Å². The fourth-order valence-corrected chi connectivity index (χ4v) is 3.07. The van der Waals surface area contributed by atoms with E-state index in [1.165, 1.54) is 19.3 Å². The molecule has 1 fully saturated rings.